The average molecular weight is 301 g/mol. The SMILES string of the molecule is CC.CC.CCCCN(CCCN1CCCCC1)C(C)=O. The minimum absolute atomic E-state index is 0.233. The highest BCUT2D eigenvalue weighted by molar-refractivity contribution is 5.73. The van der Waals surface area contributed by atoms with Crippen LogP contribution in [0.2, 0.25) is 0 Å². The number of likely N-dealkylation sites (tertiary alicyclic amines) is 1. The molecule has 1 fully saturated rings. The molecular formula is C18H40N2O. The topological polar surface area (TPSA) is 23.6 Å². The Kier molecular flexibility index (Phi) is 18.9. The van der Waals surface area contributed by atoms with Gasteiger partial charge >= 0.3 is 0 Å². The Bertz CT molecular complexity index is 213. The lowest BCUT2D eigenvalue weighted by Crippen LogP contribution is -2.35. The van der Waals surface area contributed by atoms with Gasteiger partial charge in [0.2, 0.25) is 5.91 Å². The van der Waals surface area contributed by atoms with Crippen molar-refractivity contribution in [1.82, 2.24) is 9.80 Å². The molecule has 0 saturated carbocycles. The van der Waals surface area contributed by atoms with Crippen LogP contribution in [0.3, 0.4) is 0 Å². The lowest BCUT2D eigenvalue weighted by atomic mass is 10.1. The van der Waals surface area contributed by atoms with Gasteiger partial charge in [0, 0.05) is 20.0 Å². The molecule has 0 bridgehead atoms. The van der Waals surface area contributed by atoms with Gasteiger partial charge in [-0.2, -0.15) is 0 Å². The molecule has 0 radical (unpaired) electrons. The fourth-order valence-corrected chi connectivity index (χ4v) is 2.44. The second-order valence-electron chi connectivity index (χ2n) is 5.12. The van der Waals surface area contributed by atoms with Gasteiger partial charge in [-0.15, -0.1) is 0 Å². The molecule has 21 heavy (non-hydrogen) atoms. The summed E-state index contributed by atoms with van der Waals surface area (Å²) in [5.74, 6) is 0.233. The first-order valence-corrected chi connectivity index (χ1v) is 9.22. The van der Waals surface area contributed by atoms with E-state index in [0.29, 0.717) is 0 Å². The van der Waals surface area contributed by atoms with E-state index >= 15 is 0 Å². The standard InChI is InChI=1S/C14H28N2O.2C2H6/c1-3-4-12-16(14(2)17)13-8-11-15-9-6-5-7-10-15;2*1-2/h3-13H2,1-2H3;2*1-2H3. The van der Waals surface area contributed by atoms with Crippen molar-refractivity contribution in [2.24, 2.45) is 0 Å². The van der Waals surface area contributed by atoms with E-state index in [9.17, 15) is 4.79 Å². The van der Waals surface area contributed by atoms with Gasteiger partial charge in [-0.25, -0.2) is 0 Å². The molecule has 0 unspecified atom stereocenters. The summed E-state index contributed by atoms with van der Waals surface area (Å²) >= 11 is 0. The molecule has 1 saturated heterocycles. The summed E-state index contributed by atoms with van der Waals surface area (Å²) in [4.78, 5) is 16.0. The summed E-state index contributed by atoms with van der Waals surface area (Å²) in [6.45, 7) is 17.4. The van der Waals surface area contributed by atoms with Crippen LogP contribution in [0.1, 0.15) is 80.1 Å². The van der Waals surface area contributed by atoms with Gasteiger partial charge in [-0.05, 0) is 45.3 Å². The third-order valence-corrected chi connectivity index (χ3v) is 3.58. The van der Waals surface area contributed by atoms with Crippen molar-refractivity contribution in [2.75, 3.05) is 32.7 Å². The van der Waals surface area contributed by atoms with Crippen molar-refractivity contribution in [3.05, 3.63) is 0 Å². The van der Waals surface area contributed by atoms with E-state index in [4.69, 9.17) is 0 Å². The monoisotopic (exact) mass is 300 g/mol. The Hall–Kier alpha value is -0.570. The van der Waals surface area contributed by atoms with Gasteiger partial charge in [-0.3, -0.25) is 4.79 Å². The number of nitrogens with zero attached hydrogens (tertiary/aromatic N) is 2. The molecule has 3 nitrogen and oxygen atoms in total. The van der Waals surface area contributed by atoms with E-state index in [0.717, 1.165) is 38.9 Å². The summed E-state index contributed by atoms with van der Waals surface area (Å²) in [7, 11) is 0. The van der Waals surface area contributed by atoms with Crippen molar-refractivity contribution < 1.29 is 4.79 Å². The third-order valence-electron chi connectivity index (χ3n) is 3.58. The van der Waals surface area contributed by atoms with Crippen LogP contribution < -0.4 is 0 Å². The third kappa shape index (κ3) is 12.9. The zero-order chi connectivity index (χ0) is 16.5. The Labute approximate surface area is 134 Å². The maximum absolute atomic E-state index is 11.4. The molecule has 1 heterocycles. The zero-order valence-electron chi connectivity index (χ0n) is 15.6. The smallest absolute Gasteiger partial charge is 0.219 e. The van der Waals surface area contributed by atoms with Gasteiger partial charge in [0.05, 0.1) is 0 Å². The minimum atomic E-state index is 0.233. The van der Waals surface area contributed by atoms with E-state index in [2.05, 4.69) is 11.8 Å². The van der Waals surface area contributed by atoms with Crippen LogP contribution in [-0.4, -0.2) is 48.4 Å². The number of carbonyl (C=O) groups excluding carboxylic acids is 1. The van der Waals surface area contributed by atoms with Crippen LogP contribution in [0.5, 0.6) is 0 Å². The molecular weight excluding hydrogens is 260 g/mol. The molecule has 0 aromatic rings. The normalized spacial score (nSPS) is 14.4. The first-order chi connectivity index (χ1) is 10.2. The summed E-state index contributed by atoms with van der Waals surface area (Å²) < 4.78 is 0. The molecule has 0 spiro atoms. The summed E-state index contributed by atoms with van der Waals surface area (Å²) in [5.41, 5.74) is 0. The fraction of sp³-hybridized carbons (Fsp3) is 0.944. The predicted octanol–water partition coefficient (Wildman–Crippen LogP) is 4.56. The van der Waals surface area contributed by atoms with Crippen LogP contribution >= 0.6 is 0 Å². The lowest BCUT2D eigenvalue weighted by molar-refractivity contribution is -0.129. The number of piperidine rings is 1. The van der Waals surface area contributed by atoms with Crippen molar-refractivity contribution in [2.45, 2.75) is 80.1 Å². The van der Waals surface area contributed by atoms with Gasteiger partial charge in [0.15, 0.2) is 0 Å². The maximum atomic E-state index is 11.4. The fourth-order valence-electron chi connectivity index (χ4n) is 2.44. The van der Waals surface area contributed by atoms with Crippen molar-refractivity contribution >= 4 is 5.91 Å². The molecule has 0 aromatic heterocycles. The highest BCUT2D eigenvalue weighted by atomic mass is 16.2. The van der Waals surface area contributed by atoms with Crippen LogP contribution in [0.15, 0.2) is 0 Å². The summed E-state index contributed by atoms with van der Waals surface area (Å²) in [5, 5.41) is 0. The molecule has 1 aliphatic rings. The number of hydrogen-bond donors (Lipinski definition) is 0. The van der Waals surface area contributed by atoms with E-state index in [1.54, 1.807) is 6.92 Å². The molecule has 0 aliphatic carbocycles. The predicted molar refractivity (Wildman–Crippen MR) is 94.8 cm³/mol. The average Bonchev–Trinajstić information content (AvgIpc) is 2.55. The van der Waals surface area contributed by atoms with Crippen molar-refractivity contribution in [3.8, 4) is 0 Å². The molecule has 0 N–H and O–H groups in total. The van der Waals surface area contributed by atoms with E-state index in [-0.39, 0.29) is 5.91 Å². The largest absolute Gasteiger partial charge is 0.343 e. The van der Waals surface area contributed by atoms with E-state index < -0.39 is 0 Å². The lowest BCUT2D eigenvalue weighted by Gasteiger charge is -2.28. The zero-order valence-corrected chi connectivity index (χ0v) is 15.6. The Morgan fingerprint density at radius 2 is 1.48 bits per heavy atom. The number of unbranched alkanes of at least 4 members (excludes halogenated alkanes) is 1. The molecule has 1 aliphatic heterocycles. The van der Waals surface area contributed by atoms with Crippen LogP contribution in [0, 0.1) is 0 Å². The first kappa shape index (κ1) is 22.7. The van der Waals surface area contributed by atoms with Crippen molar-refractivity contribution in [3.63, 3.8) is 0 Å². The summed E-state index contributed by atoms with van der Waals surface area (Å²) in [6, 6.07) is 0. The van der Waals surface area contributed by atoms with Gasteiger partial charge in [-0.1, -0.05) is 47.5 Å². The Morgan fingerprint density at radius 3 is 1.95 bits per heavy atom. The molecule has 128 valence electrons. The van der Waals surface area contributed by atoms with Crippen LogP contribution in [0.25, 0.3) is 0 Å². The Morgan fingerprint density at radius 1 is 0.952 bits per heavy atom. The molecule has 1 rings (SSSR count). The highest BCUT2D eigenvalue weighted by Gasteiger charge is 2.11. The minimum Gasteiger partial charge on any atom is -0.343 e. The summed E-state index contributed by atoms with van der Waals surface area (Å²) in [6.07, 6.45) is 7.52. The van der Waals surface area contributed by atoms with Gasteiger partial charge in [0.1, 0.15) is 0 Å². The second-order valence-corrected chi connectivity index (χ2v) is 5.12. The quantitative estimate of drug-likeness (QED) is 0.688. The number of amides is 1. The number of rotatable bonds is 7. The number of hydrogen-bond acceptors (Lipinski definition) is 2. The van der Waals surface area contributed by atoms with Crippen LogP contribution in [-0.2, 0) is 4.79 Å². The molecule has 1 amide bonds. The van der Waals surface area contributed by atoms with E-state index in [1.807, 2.05) is 32.6 Å². The second kappa shape index (κ2) is 17.5. The molecule has 0 aromatic carbocycles. The van der Waals surface area contributed by atoms with Gasteiger partial charge < -0.3 is 9.80 Å². The van der Waals surface area contributed by atoms with Crippen molar-refractivity contribution in [1.29, 1.82) is 0 Å². The molecule has 3 heteroatoms. The van der Waals surface area contributed by atoms with Crippen LogP contribution in [0.4, 0.5) is 0 Å². The molecule has 0 atom stereocenters. The van der Waals surface area contributed by atoms with E-state index in [1.165, 1.54) is 32.4 Å². The van der Waals surface area contributed by atoms with Gasteiger partial charge in [0.25, 0.3) is 0 Å². The first-order valence-electron chi connectivity index (χ1n) is 9.22. The highest BCUT2D eigenvalue weighted by Crippen LogP contribution is 2.09. The maximum Gasteiger partial charge on any atom is 0.219 e. The Balaban J connectivity index is 0. The number of carbonyl (C=O) groups is 1.